The zero-order chi connectivity index (χ0) is 26.8. The van der Waals surface area contributed by atoms with E-state index in [0.29, 0.717) is 25.7 Å². The molecule has 0 radical (unpaired) electrons. The molecule has 0 bridgehead atoms. The van der Waals surface area contributed by atoms with Crippen molar-refractivity contribution in [3.05, 3.63) is 0 Å². The molecule has 2 aliphatic rings. The summed E-state index contributed by atoms with van der Waals surface area (Å²) < 4.78 is 15.1. The normalized spacial score (nSPS) is 24.7. The van der Waals surface area contributed by atoms with Crippen LogP contribution >= 0.6 is 0 Å². The summed E-state index contributed by atoms with van der Waals surface area (Å²) in [7, 11) is 1.41. The van der Waals surface area contributed by atoms with Crippen LogP contribution in [0.1, 0.15) is 92.9 Å². The molecule has 10 nitrogen and oxygen atoms in total. The molecule has 3 N–H and O–H groups in total. The predicted octanol–water partition coefficient (Wildman–Crippen LogP) is 4.40. The lowest BCUT2D eigenvalue weighted by Gasteiger charge is -2.28. The quantitative estimate of drug-likeness (QED) is 0.381. The number of ether oxygens (including phenoxy) is 3. The van der Waals surface area contributed by atoms with Gasteiger partial charge in [-0.25, -0.2) is 9.59 Å². The maximum absolute atomic E-state index is 11.6. The molecule has 2 rings (SSSR count). The number of nitrogens with one attached hydrogen (secondary N) is 2. The zero-order valence-electron chi connectivity index (χ0n) is 22.3. The Hall–Kier alpha value is -2.52. The fourth-order valence-corrected chi connectivity index (χ4v) is 4.07. The molecule has 2 fully saturated rings. The van der Waals surface area contributed by atoms with E-state index in [1.54, 1.807) is 0 Å². The molecular weight excluding hydrogens is 456 g/mol. The number of rotatable bonds is 4. The molecule has 0 atom stereocenters. The van der Waals surface area contributed by atoms with Gasteiger partial charge in [0.15, 0.2) is 0 Å². The Morgan fingerprint density at radius 2 is 1.00 bits per heavy atom. The summed E-state index contributed by atoms with van der Waals surface area (Å²) >= 11 is 0. The van der Waals surface area contributed by atoms with E-state index >= 15 is 0 Å². The van der Waals surface area contributed by atoms with Gasteiger partial charge in [0.2, 0.25) is 0 Å². The number of carboxylic acids is 1. The van der Waals surface area contributed by atoms with Gasteiger partial charge in [-0.05, 0) is 92.9 Å². The number of carboxylic acid groups (broad SMARTS) is 1. The van der Waals surface area contributed by atoms with Crippen molar-refractivity contribution in [2.24, 2.45) is 11.8 Å². The van der Waals surface area contributed by atoms with Crippen molar-refractivity contribution in [2.75, 3.05) is 7.11 Å². The maximum Gasteiger partial charge on any atom is 0.407 e. The summed E-state index contributed by atoms with van der Waals surface area (Å²) in [5, 5.41) is 14.5. The lowest BCUT2D eigenvalue weighted by atomic mass is 9.86. The Bertz CT molecular complexity index is 710. The average Bonchev–Trinajstić information content (AvgIpc) is 2.71. The van der Waals surface area contributed by atoms with Crippen molar-refractivity contribution in [2.45, 2.75) is 116 Å². The van der Waals surface area contributed by atoms with Gasteiger partial charge in [-0.2, -0.15) is 0 Å². The van der Waals surface area contributed by atoms with Crippen molar-refractivity contribution >= 4 is 24.1 Å². The largest absolute Gasteiger partial charge is 0.481 e. The number of amides is 2. The van der Waals surface area contributed by atoms with E-state index in [9.17, 15) is 19.2 Å². The van der Waals surface area contributed by atoms with E-state index in [0.717, 1.165) is 25.7 Å². The Morgan fingerprint density at radius 3 is 1.29 bits per heavy atom. The lowest BCUT2D eigenvalue weighted by molar-refractivity contribution is -0.146. The summed E-state index contributed by atoms with van der Waals surface area (Å²) in [5.41, 5.74) is -0.977. The number of carbonyl (C=O) groups is 4. The topological polar surface area (TPSA) is 140 Å². The predicted molar refractivity (Wildman–Crippen MR) is 130 cm³/mol. The van der Waals surface area contributed by atoms with Crippen molar-refractivity contribution in [3.8, 4) is 0 Å². The average molecular weight is 501 g/mol. The van der Waals surface area contributed by atoms with Crippen LogP contribution in [0.4, 0.5) is 9.59 Å². The van der Waals surface area contributed by atoms with Crippen LogP contribution in [0.25, 0.3) is 0 Å². The highest BCUT2D eigenvalue weighted by Gasteiger charge is 2.29. The van der Waals surface area contributed by atoms with E-state index in [1.807, 2.05) is 41.5 Å². The van der Waals surface area contributed by atoms with Gasteiger partial charge < -0.3 is 30.0 Å². The summed E-state index contributed by atoms with van der Waals surface area (Å²) in [6.07, 6.45) is 4.94. The van der Waals surface area contributed by atoms with E-state index in [-0.39, 0.29) is 36.0 Å². The van der Waals surface area contributed by atoms with Crippen LogP contribution in [0.5, 0.6) is 0 Å². The highest BCUT2D eigenvalue weighted by molar-refractivity contribution is 5.72. The van der Waals surface area contributed by atoms with Crippen molar-refractivity contribution in [3.63, 3.8) is 0 Å². The van der Waals surface area contributed by atoms with Gasteiger partial charge >= 0.3 is 24.1 Å². The SMILES string of the molecule is CC(C)(C)OC(=O)N[C@H]1CC[C@H](C(=O)O)CC1.COC(=O)[C@H]1CC[C@H](NC(=O)OC(C)(C)C)CC1. The minimum absolute atomic E-state index is 0.0216. The van der Waals surface area contributed by atoms with Gasteiger partial charge in [0.05, 0.1) is 18.9 Å². The molecule has 0 unspecified atom stereocenters. The van der Waals surface area contributed by atoms with Crippen LogP contribution in [-0.2, 0) is 23.8 Å². The van der Waals surface area contributed by atoms with Gasteiger partial charge in [0.25, 0.3) is 0 Å². The number of hydrogen-bond donors (Lipinski definition) is 3. The minimum atomic E-state index is -0.735. The first-order valence-electron chi connectivity index (χ1n) is 12.4. The van der Waals surface area contributed by atoms with Crippen molar-refractivity contribution < 1.29 is 38.5 Å². The number of methoxy groups -OCH3 is 1. The third-order valence-electron chi connectivity index (χ3n) is 5.78. The van der Waals surface area contributed by atoms with E-state index in [2.05, 4.69) is 10.6 Å². The van der Waals surface area contributed by atoms with Crippen LogP contribution in [0.15, 0.2) is 0 Å². The smallest absolute Gasteiger partial charge is 0.407 e. The molecule has 0 aromatic heterocycles. The third-order valence-corrected chi connectivity index (χ3v) is 5.78. The second kappa shape index (κ2) is 13.5. The zero-order valence-corrected chi connectivity index (χ0v) is 22.3. The van der Waals surface area contributed by atoms with Gasteiger partial charge in [-0.3, -0.25) is 9.59 Å². The molecule has 0 heterocycles. The number of aliphatic carboxylic acids is 1. The van der Waals surface area contributed by atoms with Crippen LogP contribution < -0.4 is 10.6 Å². The summed E-state index contributed by atoms with van der Waals surface area (Å²) in [6, 6.07) is 0.140. The van der Waals surface area contributed by atoms with E-state index in [1.165, 1.54) is 7.11 Å². The van der Waals surface area contributed by atoms with Crippen molar-refractivity contribution in [1.82, 2.24) is 10.6 Å². The molecule has 0 spiro atoms. The highest BCUT2D eigenvalue weighted by atomic mass is 16.6. The number of hydrogen-bond acceptors (Lipinski definition) is 7. The lowest BCUT2D eigenvalue weighted by Crippen LogP contribution is -2.41. The van der Waals surface area contributed by atoms with Crippen LogP contribution in [0, 0.1) is 11.8 Å². The van der Waals surface area contributed by atoms with Crippen molar-refractivity contribution in [1.29, 1.82) is 0 Å². The molecule has 0 aromatic carbocycles. The molecule has 10 heteroatoms. The Labute approximate surface area is 208 Å². The Morgan fingerprint density at radius 1 is 0.657 bits per heavy atom. The molecule has 0 aromatic rings. The molecule has 35 heavy (non-hydrogen) atoms. The Kier molecular flexibility index (Phi) is 11.8. The summed E-state index contributed by atoms with van der Waals surface area (Å²) in [5.74, 6) is -1.16. The van der Waals surface area contributed by atoms with Gasteiger partial charge in [-0.1, -0.05) is 0 Å². The first kappa shape index (κ1) is 30.5. The molecule has 2 saturated carbocycles. The van der Waals surface area contributed by atoms with Gasteiger partial charge in [-0.15, -0.1) is 0 Å². The van der Waals surface area contributed by atoms with Crippen LogP contribution in [0.2, 0.25) is 0 Å². The fourth-order valence-electron chi connectivity index (χ4n) is 4.07. The highest BCUT2D eigenvalue weighted by Crippen LogP contribution is 2.26. The van der Waals surface area contributed by atoms with Crippen LogP contribution in [-0.4, -0.2) is 59.6 Å². The molecule has 202 valence electrons. The summed E-state index contributed by atoms with van der Waals surface area (Å²) in [6.45, 7) is 10.9. The standard InChI is InChI=1S/C13H23NO4.C12H21NO4/c1-13(2,3)18-12(16)14-10-7-5-9(6-8-10)11(15)17-4;1-12(2,3)17-11(16)13-9-6-4-8(5-7-9)10(14)15/h9-10H,5-8H2,1-4H3,(H,14,16);8-9H,4-7H2,1-3H3,(H,13,16)(H,14,15)/t9-,10-;8-,9-. The molecule has 0 aliphatic heterocycles. The monoisotopic (exact) mass is 500 g/mol. The summed E-state index contributed by atoms with van der Waals surface area (Å²) in [4.78, 5) is 45.2. The second-order valence-corrected chi connectivity index (χ2v) is 11.3. The third kappa shape index (κ3) is 13.2. The van der Waals surface area contributed by atoms with E-state index in [4.69, 9.17) is 19.3 Å². The van der Waals surface area contributed by atoms with E-state index < -0.39 is 23.3 Å². The number of alkyl carbamates (subject to hydrolysis) is 2. The second-order valence-electron chi connectivity index (χ2n) is 11.3. The molecule has 2 aliphatic carbocycles. The van der Waals surface area contributed by atoms with Gasteiger partial charge in [0.1, 0.15) is 11.2 Å². The van der Waals surface area contributed by atoms with Crippen LogP contribution in [0.3, 0.4) is 0 Å². The molecule has 0 saturated heterocycles. The Balaban J connectivity index is 0.000000351. The fraction of sp³-hybridized carbons (Fsp3) is 0.840. The molecular formula is C25H44N2O8. The first-order valence-corrected chi connectivity index (χ1v) is 12.4. The number of esters is 1. The molecule has 2 amide bonds. The maximum atomic E-state index is 11.6. The first-order chi connectivity index (χ1) is 16.1. The minimum Gasteiger partial charge on any atom is -0.481 e. The number of carbonyl (C=O) groups excluding carboxylic acids is 3. The van der Waals surface area contributed by atoms with Gasteiger partial charge in [0, 0.05) is 12.1 Å².